The van der Waals surface area contributed by atoms with Gasteiger partial charge in [-0.1, -0.05) is 0 Å². The summed E-state index contributed by atoms with van der Waals surface area (Å²) in [5.74, 6) is -1.77. The first kappa shape index (κ1) is 19.3. The van der Waals surface area contributed by atoms with Crippen LogP contribution in [0.4, 0.5) is 5.69 Å². The number of nitro groups is 1. The minimum absolute atomic E-state index is 0.0592. The average molecular weight is 367 g/mol. The summed E-state index contributed by atoms with van der Waals surface area (Å²) < 4.78 is 1.31. The molecule has 0 unspecified atom stereocenters. The molecule has 1 aromatic heterocycles. The number of carboxylic acids is 1. The van der Waals surface area contributed by atoms with Crippen molar-refractivity contribution in [3.63, 3.8) is 0 Å². The van der Waals surface area contributed by atoms with Gasteiger partial charge in [-0.15, -0.1) is 0 Å². The molecule has 1 fully saturated rings. The van der Waals surface area contributed by atoms with Gasteiger partial charge in [-0.3, -0.25) is 29.2 Å². The molecule has 11 nitrogen and oxygen atoms in total. The van der Waals surface area contributed by atoms with Crippen molar-refractivity contribution in [1.82, 2.24) is 19.6 Å². The number of aromatic nitrogens is 2. The second-order valence-electron chi connectivity index (χ2n) is 6.21. The standard InChI is InChI=1S/C15H21N5O6/c1-17(10-14(22)18-5-2-11(3-6-18)15(23)24)13(21)4-7-19-9-12(8-16-19)20(25)26/h8-9,11H,2-7,10H2,1H3,(H,23,24). The number of piperidine rings is 1. The molecule has 142 valence electrons. The van der Waals surface area contributed by atoms with Crippen molar-refractivity contribution in [3.8, 4) is 0 Å². The van der Waals surface area contributed by atoms with E-state index in [1.165, 1.54) is 22.8 Å². The van der Waals surface area contributed by atoms with Crippen LogP contribution >= 0.6 is 0 Å². The number of aryl methyl sites for hydroxylation is 1. The lowest BCUT2D eigenvalue weighted by molar-refractivity contribution is -0.385. The number of carbonyl (C=O) groups excluding carboxylic acids is 2. The summed E-state index contributed by atoms with van der Waals surface area (Å²) >= 11 is 0. The smallest absolute Gasteiger partial charge is 0.306 e. The van der Waals surface area contributed by atoms with E-state index in [1.807, 2.05) is 0 Å². The molecule has 0 atom stereocenters. The minimum atomic E-state index is -0.844. The van der Waals surface area contributed by atoms with E-state index in [4.69, 9.17) is 5.11 Å². The van der Waals surface area contributed by atoms with Gasteiger partial charge in [0, 0.05) is 33.1 Å². The van der Waals surface area contributed by atoms with Gasteiger partial charge in [0.05, 0.1) is 17.4 Å². The molecule has 1 aliphatic rings. The Hall–Kier alpha value is -2.98. The number of hydrogen-bond acceptors (Lipinski definition) is 6. The highest BCUT2D eigenvalue weighted by molar-refractivity contribution is 5.84. The molecule has 0 bridgehead atoms. The molecule has 2 amide bonds. The first-order valence-corrected chi connectivity index (χ1v) is 8.19. The monoisotopic (exact) mass is 367 g/mol. The third kappa shape index (κ3) is 5.01. The highest BCUT2D eigenvalue weighted by atomic mass is 16.6. The Morgan fingerprint density at radius 3 is 2.58 bits per heavy atom. The Morgan fingerprint density at radius 1 is 1.38 bits per heavy atom. The van der Waals surface area contributed by atoms with E-state index in [0.29, 0.717) is 25.9 Å². The second kappa shape index (κ2) is 8.41. The first-order chi connectivity index (χ1) is 12.3. The van der Waals surface area contributed by atoms with Crippen LogP contribution < -0.4 is 0 Å². The SMILES string of the molecule is CN(CC(=O)N1CCC(C(=O)O)CC1)C(=O)CCn1cc([N+](=O)[O-])cn1. The maximum atomic E-state index is 12.2. The minimum Gasteiger partial charge on any atom is -0.481 e. The average Bonchev–Trinajstić information content (AvgIpc) is 3.09. The van der Waals surface area contributed by atoms with Crippen molar-refractivity contribution < 1.29 is 24.4 Å². The fourth-order valence-corrected chi connectivity index (χ4v) is 2.74. The Kier molecular flexibility index (Phi) is 6.26. The molecule has 0 radical (unpaired) electrons. The van der Waals surface area contributed by atoms with Gasteiger partial charge in [-0.2, -0.15) is 5.10 Å². The fraction of sp³-hybridized carbons (Fsp3) is 0.600. The topological polar surface area (TPSA) is 139 Å². The van der Waals surface area contributed by atoms with Gasteiger partial charge in [0.15, 0.2) is 0 Å². The molecule has 1 aliphatic heterocycles. The van der Waals surface area contributed by atoms with Crippen LogP contribution in [-0.4, -0.2) is 74.1 Å². The summed E-state index contributed by atoms with van der Waals surface area (Å²) in [5.41, 5.74) is -0.147. The maximum absolute atomic E-state index is 12.2. The number of carboxylic acid groups (broad SMARTS) is 1. The predicted octanol–water partition coefficient (Wildman–Crippen LogP) is -0.0370. The van der Waals surface area contributed by atoms with Crippen molar-refractivity contribution in [2.24, 2.45) is 5.92 Å². The molecule has 0 aromatic carbocycles. The quantitative estimate of drug-likeness (QED) is 0.527. The Balaban J connectivity index is 1.76. The molecular formula is C15H21N5O6. The fourth-order valence-electron chi connectivity index (χ4n) is 2.74. The van der Waals surface area contributed by atoms with Crippen molar-refractivity contribution in [2.75, 3.05) is 26.7 Å². The number of amides is 2. The zero-order valence-electron chi connectivity index (χ0n) is 14.4. The van der Waals surface area contributed by atoms with Crippen molar-refractivity contribution in [3.05, 3.63) is 22.5 Å². The van der Waals surface area contributed by atoms with E-state index in [2.05, 4.69) is 5.10 Å². The van der Waals surface area contributed by atoms with Gasteiger partial charge in [-0.05, 0) is 12.8 Å². The molecule has 1 N–H and O–H groups in total. The van der Waals surface area contributed by atoms with Crippen molar-refractivity contribution in [1.29, 1.82) is 0 Å². The van der Waals surface area contributed by atoms with Gasteiger partial charge in [-0.25, -0.2) is 0 Å². The van der Waals surface area contributed by atoms with Crippen LogP contribution in [0.2, 0.25) is 0 Å². The maximum Gasteiger partial charge on any atom is 0.306 e. The van der Waals surface area contributed by atoms with E-state index in [-0.39, 0.29) is 37.0 Å². The molecule has 2 rings (SSSR count). The third-order valence-electron chi connectivity index (χ3n) is 4.38. The number of likely N-dealkylation sites (N-methyl/N-ethyl adjacent to an activating group) is 1. The highest BCUT2D eigenvalue weighted by Crippen LogP contribution is 2.17. The van der Waals surface area contributed by atoms with Crippen LogP contribution in [0.1, 0.15) is 19.3 Å². The normalized spacial score (nSPS) is 14.9. The molecule has 2 heterocycles. The van der Waals surface area contributed by atoms with Crippen molar-refractivity contribution >= 4 is 23.5 Å². The number of likely N-dealkylation sites (tertiary alicyclic amines) is 1. The molecule has 1 saturated heterocycles. The predicted molar refractivity (Wildman–Crippen MR) is 88.1 cm³/mol. The van der Waals surface area contributed by atoms with Crippen molar-refractivity contribution in [2.45, 2.75) is 25.8 Å². The third-order valence-corrected chi connectivity index (χ3v) is 4.38. The summed E-state index contributed by atoms with van der Waals surface area (Å²) in [6, 6.07) is 0. The lowest BCUT2D eigenvalue weighted by atomic mass is 9.97. The van der Waals surface area contributed by atoms with Gasteiger partial charge < -0.3 is 14.9 Å². The molecule has 0 saturated carbocycles. The van der Waals surface area contributed by atoms with E-state index >= 15 is 0 Å². The van der Waals surface area contributed by atoms with Crippen LogP contribution in [0.15, 0.2) is 12.4 Å². The van der Waals surface area contributed by atoms with Crippen LogP contribution in [0.3, 0.4) is 0 Å². The zero-order valence-corrected chi connectivity index (χ0v) is 14.4. The lowest BCUT2D eigenvalue weighted by Gasteiger charge is -2.31. The number of hydrogen-bond donors (Lipinski definition) is 1. The second-order valence-corrected chi connectivity index (χ2v) is 6.21. The number of rotatable bonds is 7. The highest BCUT2D eigenvalue weighted by Gasteiger charge is 2.27. The van der Waals surface area contributed by atoms with E-state index in [9.17, 15) is 24.5 Å². The number of carbonyl (C=O) groups is 3. The Morgan fingerprint density at radius 2 is 2.04 bits per heavy atom. The summed E-state index contributed by atoms with van der Waals surface area (Å²) in [5, 5.41) is 23.4. The molecular weight excluding hydrogens is 346 g/mol. The summed E-state index contributed by atoms with van der Waals surface area (Å²) in [4.78, 5) is 48.2. The Labute approximate surface area is 149 Å². The largest absolute Gasteiger partial charge is 0.481 e. The van der Waals surface area contributed by atoms with Crippen LogP contribution in [-0.2, 0) is 20.9 Å². The molecule has 11 heteroatoms. The molecule has 0 aliphatic carbocycles. The number of nitrogens with zero attached hydrogens (tertiary/aromatic N) is 5. The first-order valence-electron chi connectivity index (χ1n) is 8.19. The van der Waals surface area contributed by atoms with Gasteiger partial charge in [0.2, 0.25) is 11.8 Å². The summed E-state index contributed by atoms with van der Waals surface area (Å²) in [6.07, 6.45) is 3.24. The van der Waals surface area contributed by atoms with Crippen LogP contribution in [0.25, 0.3) is 0 Å². The van der Waals surface area contributed by atoms with E-state index in [1.54, 1.807) is 4.90 Å². The van der Waals surface area contributed by atoms with Gasteiger partial charge >= 0.3 is 11.7 Å². The summed E-state index contributed by atoms with van der Waals surface area (Å²) in [7, 11) is 1.51. The molecule has 26 heavy (non-hydrogen) atoms. The molecule has 1 aromatic rings. The Bertz CT molecular complexity index is 694. The lowest BCUT2D eigenvalue weighted by Crippen LogP contribution is -2.45. The van der Waals surface area contributed by atoms with Gasteiger partial charge in [0.25, 0.3) is 0 Å². The summed E-state index contributed by atoms with van der Waals surface area (Å²) in [6.45, 7) is 0.828. The van der Waals surface area contributed by atoms with Gasteiger partial charge in [0.1, 0.15) is 12.4 Å². The van der Waals surface area contributed by atoms with Crippen LogP contribution in [0, 0.1) is 16.0 Å². The van der Waals surface area contributed by atoms with E-state index in [0.717, 1.165) is 6.20 Å². The zero-order chi connectivity index (χ0) is 19.3. The van der Waals surface area contributed by atoms with Crippen LogP contribution in [0.5, 0.6) is 0 Å². The van der Waals surface area contributed by atoms with E-state index < -0.39 is 16.8 Å². The number of aliphatic carboxylic acids is 1. The molecule has 0 spiro atoms.